The molecular weight excluding hydrogens is 348 g/mol. The summed E-state index contributed by atoms with van der Waals surface area (Å²) in [6, 6.07) is 7.89. The fraction of sp³-hybridized carbons (Fsp3) is 0.200. The molecular formula is C15H16N4O5S. The van der Waals surface area contributed by atoms with Crippen LogP contribution >= 0.6 is 0 Å². The van der Waals surface area contributed by atoms with Crippen LogP contribution in [0.4, 0.5) is 11.5 Å². The Morgan fingerprint density at radius 1 is 1.24 bits per heavy atom. The number of nitrogens with zero attached hydrogens (tertiary/aromatic N) is 3. The maximum absolute atomic E-state index is 12.5. The number of hydrogen-bond donors (Lipinski definition) is 1. The first-order valence-electron chi connectivity index (χ1n) is 7.08. The number of pyridine rings is 1. The second-order valence-corrected chi connectivity index (χ2v) is 7.07. The third-order valence-corrected chi connectivity index (χ3v) is 4.78. The van der Waals surface area contributed by atoms with E-state index in [9.17, 15) is 23.3 Å². The molecule has 132 valence electrons. The maximum Gasteiger partial charge on any atom is 0.272 e. The zero-order valence-electron chi connectivity index (χ0n) is 13.8. The number of hydrogen-bond acceptors (Lipinski definition) is 6. The van der Waals surface area contributed by atoms with Gasteiger partial charge in [0.05, 0.1) is 9.82 Å². The van der Waals surface area contributed by atoms with Crippen LogP contribution in [0.25, 0.3) is 0 Å². The molecule has 0 unspecified atom stereocenters. The molecule has 1 amide bonds. The number of non-ortho nitro benzene ring substituents is 1. The molecule has 0 bridgehead atoms. The summed E-state index contributed by atoms with van der Waals surface area (Å²) in [5.74, 6) is -0.439. The monoisotopic (exact) mass is 364 g/mol. The minimum absolute atomic E-state index is 0.0568. The number of aryl methyl sites for hydroxylation is 1. The summed E-state index contributed by atoms with van der Waals surface area (Å²) < 4.78 is 27.3. The summed E-state index contributed by atoms with van der Waals surface area (Å²) in [5, 5.41) is 10.9. The van der Waals surface area contributed by atoms with Gasteiger partial charge in [-0.1, -0.05) is 12.1 Å². The van der Waals surface area contributed by atoms with Crippen LogP contribution in [0.3, 0.4) is 0 Å². The minimum Gasteiger partial charge on any atom is -0.343 e. The molecule has 0 aliphatic heterocycles. The topological polar surface area (TPSA) is 123 Å². The summed E-state index contributed by atoms with van der Waals surface area (Å²) >= 11 is 0. The van der Waals surface area contributed by atoms with Gasteiger partial charge in [-0.05, 0) is 24.6 Å². The molecule has 2 rings (SSSR count). The molecule has 0 aliphatic carbocycles. The van der Waals surface area contributed by atoms with Crippen LogP contribution in [-0.4, -0.2) is 43.2 Å². The highest BCUT2D eigenvalue weighted by molar-refractivity contribution is 7.92. The molecule has 10 heteroatoms. The van der Waals surface area contributed by atoms with Crippen molar-refractivity contribution in [1.29, 1.82) is 0 Å². The first-order valence-corrected chi connectivity index (χ1v) is 8.56. The fourth-order valence-electron chi connectivity index (χ4n) is 2.02. The zero-order valence-corrected chi connectivity index (χ0v) is 14.6. The number of nitrogens with one attached hydrogen (secondary N) is 1. The van der Waals surface area contributed by atoms with Gasteiger partial charge in [-0.3, -0.25) is 19.6 Å². The molecule has 0 saturated heterocycles. The number of amides is 1. The lowest BCUT2D eigenvalue weighted by Gasteiger charge is -2.12. The highest BCUT2D eigenvalue weighted by Gasteiger charge is 2.21. The summed E-state index contributed by atoms with van der Waals surface area (Å²) in [6.45, 7) is 1.53. The van der Waals surface area contributed by atoms with Crippen LogP contribution in [0.5, 0.6) is 0 Å². The maximum atomic E-state index is 12.5. The molecule has 2 aromatic rings. The quantitative estimate of drug-likeness (QED) is 0.637. The van der Waals surface area contributed by atoms with Crippen LogP contribution in [0.2, 0.25) is 0 Å². The molecule has 1 N–H and O–H groups in total. The van der Waals surface area contributed by atoms with Gasteiger partial charge in [0.1, 0.15) is 11.5 Å². The lowest BCUT2D eigenvalue weighted by atomic mass is 10.2. The SMILES string of the molecule is Cc1ccc([N+](=O)[O-])cc1S(=O)(=O)Nc1cccc(C(=O)N(C)C)n1. The largest absolute Gasteiger partial charge is 0.343 e. The summed E-state index contributed by atoms with van der Waals surface area (Å²) in [4.78, 5) is 27.2. The number of sulfonamides is 1. The summed E-state index contributed by atoms with van der Waals surface area (Å²) in [7, 11) is -1.01. The van der Waals surface area contributed by atoms with E-state index in [-0.39, 0.29) is 28.0 Å². The number of benzene rings is 1. The molecule has 0 atom stereocenters. The Balaban J connectivity index is 2.40. The van der Waals surface area contributed by atoms with E-state index in [0.29, 0.717) is 5.56 Å². The molecule has 25 heavy (non-hydrogen) atoms. The van der Waals surface area contributed by atoms with Crippen molar-refractivity contribution in [2.75, 3.05) is 18.8 Å². The van der Waals surface area contributed by atoms with Crippen LogP contribution in [-0.2, 0) is 10.0 Å². The molecule has 1 aromatic carbocycles. The van der Waals surface area contributed by atoms with E-state index in [4.69, 9.17) is 0 Å². The standard InChI is InChI=1S/C15H16N4O5S/c1-10-7-8-11(19(21)22)9-13(10)25(23,24)17-14-6-4-5-12(16-14)15(20)18(2)3/h4-9H,1-3H3,(H,16,17). The lowest BCUT2D eigenvalue weighted by Crippen LogP contribution is -2.23. The predicted octanol–water partition coefficient (Wildman–Crippen LogP) is 1.80. The Morgan fingerprint density at radius 3 is 2.52 bits per heavy atom. The Bertz CT molecular complexity index is 941. The number of anilines is 1. The molecule has 1 heterocycles. The van der Waals surface area contributed by atoms with E-state index in [1.807, 2.05) is 0 Å². The lowest BCUT2D eigenvalue weighted by molar-refractivity contribution is -0.385. The van der Waals surface area contributed by atoms with Crippen molar-refractivity contribution in [3.8, 4) is 0 Å². The molecule has 0 spiro atoms. The number of nitro benzene ring substituents is 1. The Kier molecular flexibility index (Phi) is 5.02. The Labute approximate surface area is 144 Å². The van der Waals surface area contributed by atoms with Gasteiger partial charge in [0, 0.05) is 26.2 Å². The van der Waals surface area contributed by atoms with Gasteiger partial charge in [0.2, 0.25) is 0 Å². The normalized spacial score (nSPS) is 11.0. The van der Waals surface area contributed by atoms with Crippen LogP contribution in [0.1, 0.15) is 16.1 Å². The van der Waals surface area contributed by atoms with Crippen molar-refractivity contribution in [2.45, 2.75) is 11.8 Å². The summed E-state index contributed by atoms with van der Waals surface area (Å²) in [6.07, 6.45) is 0. The van der Waals surface area contributed by atoms with Crippen molar-refractivity contribution in [2.24, 2.45) is 0 Å². The molecule has 0 fully saturated rings. The van der Waals surface area contributed by atoms with E-state index >= 15 is 0 Å². The van der Waals surface area contributed by atoms with E-state index < -0.39 is 14.9 Å². The second kappa shape index (κ2) is 6.85. The van der Waals surface area contributed by atoms with Crippen molar-refractivity contribution in [3.63, 3.8) is 0 Å². The fourth-order valence-corrected chi connectivity index (χ4v) is 3.29. The van der Waals surface area contributed by atoms with Crippen LogP contribution < -0.4 is 4.72 Å². The number of aromatic nitrogens is 1. The van der Waals surface area contributed by atoms with E-state index in [1.165, 1.54) is 42.2 Å². The van der Waals surface area contributed by atoms with Crippen molar-refractivity contribution < 1.29 is 18.1 Å². The second-order valence-electron chi connectivity index (χ2n) is 5.42. The van der Waals surface area contributed by atoms with Gasteiger partial charge in [-0.25, -0.2) is 13.4 Å². The average Bonchev–Trinajstić information content (AvgIpc) is 2.53. The van der Waals surface area contributed by atoms with E-state index in [2.05, 4.69) is 9.71 Å². The number of carbonyl (C=O) groups is 1. The third kappa shape index (κ3) is 4.10. The molecule has 0 aliphatic rings. The molecule has 9 nitrogen and oxygen atoms in total. The van der Waals surface area contributed by atoms with Crippen molar-refractivity contribution in [3.05, 3.63) is 57.8 Å². The van der Waals surface area contributed by atoms with Gasteiger partial charge in [-0.2, -0.15) is 0 Å². The third-order valence-electron chi connectivity index (χ3n) is 3.29. The molecule has 0 radical (unpaired) electrons. The highest BCUT2D eigenvalue weighted by Crippen LogP contribution is 2.23. The van der Waals surface area contributed by atoms with Crippen molar-refractivity contribution >= 4 is 27.4 Å². The van der Waals surface area contributed by atoms with Gasteiger partial charge in [0.15, 0.2) is 0 Å². The predicted molar refractivity (Wildman–Crippen MR) is 90.9 cm³/mol. The van der Waals surface area contributed by atoms with Gasteiger partial charge < -0.3 is 4.90 Å². The minimum atomic E-state index is -4.10. The molecule has 1 aromatic heterocycles. The average molecular weight is 364 g/mol. The van der Waals surface area contributed by atoms with Gasteiger partial charge >= 0.3 is 0 Å². The number of rotatable bonds is 5. The van der Waals surface area contributed by atoms with Gasteiger partial charge in [-0.15, -0.1) is 0 Å². The van der Waals surface area contributed by atoms with Crippen molar-refractivity contribution in [1.82, 2.24) is 9.88 Å². The highest BCUT2D eigenvalue weighted by atomic mass is 32.2. The van der Waals surface area contributed by atoms with E-state index in [1.54, 1.807) is 14.1 Å². The molecule has 0 saturated carbocycles. The van der Waals surface area contributed by atoms with Crippen LogP contribution in [0, 0.1) is 17.0 Å². The first kappa shape index (κ1) is 18.3. The first-order chi connectivity index (χ1) is 11.6. The number of nitro groups is 1. The van der Waals surface area contributed by atoms with Gasteiger partial charge in [0.25, 0.3) is 21.6 Å². The van der Waals surface area contributed by atoms with E-state index in [0.717, 1.165) is 6.07 Å². The number of carbonyl (C=O) groups excluding carboxylic acids is 1. The Hall–Kier alpha value is -3.01. The smallest absolute Gasteiger partial charge is 0.272 e. The summed E-state index contributed by atoms with van der Waals surface area (Å²) in [5.41, 5.74) is 0.0788. The van der Waals surface area contributed by atoms with Crippen LogP contribution in [0.15, 0.2) is 41.3 Å². The Morgan fingerprint density at radius 2 is 1.92 bits per heavy atom. The zero-order chi connectivity index (χ0) is 18.8.